The quantitative estimate of drug-likeness (QED) is 0.0401. The average Bonchev–Trinajstić information content (AvgIpc) is 3.53. The fourth-order valence-electron chi connectivity index (χ4n) is 5.57. The number of unbranched alkanes of at least 4 members (excludes halogenated alkanes) is 8. The molecule has 0 aliphatic carbocycles. The molecule has 11 nitrogen and oxygen atoms in total. The molecule has 0 radical (unpaired) electrons. The van der Waals surface area contributed by atoms with Crippen molar-refractivity contribution in [3.8, 4) is 17.6 Å². The highest BCUT2D eigenvalue weighted by Crippen LogP contribution is 2.28. The molecule has 0 spiro atoms. The maximum Gasteiger partial charge on any atom is 0.336 e. The van der Waals surface area contributed by atoms with Crippen LogP contribution in [-0.2, 0) is 30.3 Å². The summed E-state index contributed by atoms with van der Waals surface area (Å²) in [5, 5.41) is 24.5. The molecule has 0 aliphatic heterocycles. The van der Waals surface area contributed by atoms with Gasteiger partial charge in [0.15, 0.2) is 5.60 Å². The number of oxazole rings is 1. The summed E-state index contributed by atoms with van der Waals surface area (Å²) in [5.41, 5.74) is -1.76. The van der Waals surface area contributed by atoms with E-state index in [4.69, 9.17) is 13.9 Å². The molecule has 280 valence electrons. The Hall–Kier alpha value is -4.43. The molecule has 0 saturated carbocycles. The minimum Gasteiger partial charge on any atom is -0.481 e. The minimum absolute atomic E-state index is 0.218. The number of Topliss-reactive ketones (excluding diaryl/α,β-unsaturated/α-hetero) is 1. The monoisotopic (exact) mass is 708 g/mol. The van der Waals surface area contributed by atoms with Gasteiger partial charge in [-0.1, -0.05) is 75.7 Å². The summed E-state index contributed by atoms with van der Waals surface area (Å²) in [6.07, 6.45) is 15.1. The normalized spacial score (nSPS) is 13.4. The van der Waals surface area contributed by atoms with Crippen molar-refractivity contribution in [2.24, 2.45) is 5.92 Å². The van der Waals surface area contributed by atoms with E-state index in [2.05, 4.69) is 29.1 Å². The number of allylic oxidation sites excluding steroid dienone is 1. The zero-order valence-corrected chi connectivity index (χ0v) is 30.7. The number of esters is 1. The van der Waals surface area contributed by atoms with Crippen LogP contribution >= 0.6 is 0 Å². The van der Waals surface area contributed by atoms with Crippen molar-refractivity contribution in [2.45, 2.75) is 129 Å². The predicted molar refractivity (Wildman–Crippen MR) is 194 cm³/mol. The highest BCUT2D eigenvalue weighted by molar-refractivity contribution is 5.90. The summed E-state index contributed by atoms with van der Waals surface area (Å²) in [5.74, 6) is 2.73. The molecule has 51 heavy (non-hydrogen) atoms. The number of nitrogens with one attached hydrogen (secondary N) is 1. The average molecular weight is 709 g/mol. The van der Waals surface area contributed by atoms with Crippen LogP contribution in [0.15, 0.2) is 47.0 Å². The minimum atomic E-state index is -2.58. The summed E-state index contributed by atoms with van der Waals surface area (Å²) in [6, 6.07) is 6.43. The summed E-state index contributed by atoms with van der Waals surface area (Å²) >= 11 is 0. The predicted octanol–water partition coefficient (Wildman–Crippen LogP) is 7.00. The number of aryl methyl sites for hydroxylation is 1. The lowest BCUT2D eigenvalue weighted by atomic mass is 9.83. The second-order valence-corrected chi connectivity index (χ2v) is 12.8. The van der Waals surface area contributed by atoms with Gasteiger partial charge < -0.3 is 29.4 Å². The summed E-state index contributed by atoms with van der Waals surface area (Å²) in [7, 11) is 0. The molecule has 0 fully saturated rings. The van der Waals surface area contributed by atoms with E-state index in [1.807, 2.05) is 12.1 Å². The van der Waals surface area contributed by atoms with E-state index in [1.54, 1.807) is 32.1 Å². The van der Waals surface area contributed by atoms with Gasteiger partial charge in [0.2, 0.25) is 11.8 Å². The molecule has 2 rings (SSSR count). The molecule has 0 saturated heterocycles. The molecule has 2 aromatic rings. The molecule has 3 atom stereocenters. The van der Waals surface area contributed by atoms with Gasteiger partial charge in [-0.15, -0.1) is 5.92 Å². The van der Waals surface area contributed by atoms with Crippen LogP contribution in [0.1, 0.15) is 127 Å². The lowest BCUT2D eigenvalue weighted by molar-refractivity contribution is -0.170. The maximum atomic E-state index is 13.9. The molecule has 0 bridgehead atoms. The zero-order chi connectivity index (χ0) is 37.5. The number of carboxylic acids is 1. The topological polar surface area (TPSA) is 165 Å². The van der Waals surface area contributed by atoms with Gasteiger partial charge in [-0.05, 0) is 57.2 Å². The van der Waals surface area contributed by atoms with Crippen molar-refractivity contribution < 1.29 is 43.3 Å². The Kier molecular flexibility index (Phi) is 20.0. The molecular weight excluding hydrogens is 652 g/mol. The lowest BCUT2D eigenvalue weighted by Crippen LogP contribution is -2.53. The molecule has 3 N–H and O–H groups in total. The van der Waals surface area contributed by atoms with E-state index in [1.165, 1.54) is 38.5 Å². The number of aliphatic carboxylic acids is 1. The zero-order valence-electron chi connectivity index (χ0n) is 30.7. The second-order valence-electron chi connectivity index (χ2n) is 12.8. The van der Waals surface area contributed by atoms with Crippen molar-refractivity contribution in [2.75, 3.05) is 13.2 Å². The molecule has 1 heterocycles. The Morgan fingerprint density at radius 2 is 1.69 bits per heavy atom. The smallest absolute Gasteiger partial charge is 0.336 e. The number of hydrogen-bond donors (Lipinski definition) is 3. The van der Waals surface area contributed by atoms with E-state index in [-0.39, 0.29) is 18.9 Å². The molecule has 1 amide bonds. The van der Waals surface area contributed by atoms with Gasteiger partial charge in [0.25, 0.3) is 0 Å². The highest BCUT2D eigenvalue weighted by atomic mass is 16.5. The Labute approximate surface area is 302 Å². The van der Waals surface area contributed by atoms with Gasteiger partial charge in [0, 0.05) is 32.6 Å². The molecule has 0 aliphatic rings. The largest absolute Gasteiger partial charge is 0.481 e. The Balaban J connectivity index is 2.13. The number of carbonyl (C=O) groups excluding carboxylic acids is 3. The number of nitrogens with zero attached hydrogens (tertiary/aromatic N) is 1. The fourth-order valence-corrected chi connectivity index (χ4v) is 5.57. The first-order valence-electron chi connectivity index (χ1n) is 18.1. The van der Waals surface area contributed by atoms with E-state index < -0.39 is 48.4 Å². The van der Waals surface area contributed by atoms with Crippen LogP contribution in [0.2, 0.25) is 0 Å². The molecule has 1 aromatic carbocycles. The van der Waals surface area contributed by atoms with Gasteiger partial charge in [0.1, 0.15) is 29.9 Å². The Morgan fingerprint density at radius 3 is 2.27 bits per heavy atom. The Morgan fingerprint density at radius 1 is 1.02 bits per heavy atom. The molecule has 11 heteroatoms. The first-order valence-corrected chi connectivity index (χ1v) is 18.1. The summed E-state index contributed by atoms with van der Waals surface area (Å²) in [6.45, 7) is 6.65. The third-order valence-corrected chi connectivity index (χ3v) is 8.52. The van der Waals surface area contributed by atoms with Crippen LogP contribution < -0.4 is 10.1 Å². The SMILES string of the molecule is CC#CCOc1ccc(C[C@H](NC(=O)[C@@H](/C=C/CCCCCCC(=O)CCCCCCC)[C@@](O)(CCOC(C)=O)C(=O)O)c2ncc(C)o2)cc1. The van der Waals surface area contributed by atoms with Crippen LogP contribution in [0.25, 0.3) is 0 Å². The number of carboxylic acid groups (broad SMARTS) is 1. The fraction of sp³-hybridized carbons (Fsp3) is 0.575. The first-order chi connectivity index (χ1) is 24.5. The van der Waals surface area contributed by atoms with Crippen LogP contribution in [0, 0.1) is 24.7 Å². The molecular formula is C40H56N2O9. The lowest BCUT2D eigenvalue weighted by Gasteiger charge is -2.30. The van der Waals surface area contributed by atoms with Crippen molar-refractivity contribution >= 4 is 23.6 Å². The molecule has 1 aromatic heterocycles. The Bertz CT molecular complexity index is 1450. The number of rotatable bonds is 26. The number of benzene rings is 1. The molecule has 0 unspecified atom stereocenters. The van der Waals surface area contributed by atoms with Gasteiger partial charge in [-0.3, -0.25) is 14.4 Å². The van der Waals surface area contributed by atoms with E-state index in [9.17, 15) is 29.4 Å². The van der Waals surface area contributed by atoms with E-state index in [0.29, 0.717) is 36.6 Å². The number of aliphatic hydroxyl groups is 1. The number of hydrogen-bond acceptors (Lipinski definition) is 9. The van der Waals surface area contributed by atoms with Crippen LogP contribution in [0.4, 0.5) is 0 Å². The van der Waals surface area contributed by atoms with E-state index >= 15 is 0 Å². The van der Waals surface area contributed by atoms with Crippen LogP contribution in [0.3, 0.4) is 0 Å². The standard InChI is InChI=1S/C40H56N2O9/c1-5-7-9-12-15-18-33(44)19-16-13-10-11-14-17-20-35(40(48,39(46)47)25-27-49-31(4)43)37(45)42-36(38-41-29-30(3)51-38)28-32-21-23-34(24-22-32)50-26-8-6-2/h17,20-24,29,35-36,48H,5,7,9-16,18-19,25-28H2,1-4H3,(H,42,45)(H,46,47)/b20-17+/t35-,36+,40+/m1/s1. The third kappa shape index (κ3) is 16.4. The van der Waals surface area contributed by atoms with Gasteiger partial charge in [0.05, 0.1) is 18.7 Å². The first kappa shape index (κ1) is 42.7. The second kappa shape index (κ2) is 23.9. The number of ether oxygens (including phenoxy) is 2. The highest BCUT2D eigenvalue weighted by Gasteiger charge is 2.47. The summed E-state index contributed by atoms with van der Waals surface area (Å²) < 4.78 is 16.3. The van der Waals surface area contributed by atoms with Gasteiger partial charge in [-0.2, -0.15) is 0 Å². The number of carbonyl (C=O) groups is 4. The number of amides is 1. The van der Waals surface area contributed by atoms with Gasteiger partial charge >= 0.3 is 11.9 Å². The third-order valence-electron chi connectivity index (χ3n) is 8.52. The van der Waals surface area contributed by atoms with Crippen LogP contribution in [0.5, 0.6) is 5.75 Å². The van der Waals surface area contributed by atoms with Crippen molar-refractivity contribution in [3.63, 3.8) is 0 Å². The van der Waals surface area contributed by atoms with Crippen molar-refractivity contribution in [3.05, 3.63) is 59.8 Å². The van der Waals surface area contributed by atoms with Crippen molar-refractivity contribution in [1.29, 1.82) is 0 Å². The number of aromatic nitrogens is 1. The number of ketones is 1. The van der Waals surface area contributed by atoms with Crippen LogP contribution in [-0.4, -0.2) is 57.6 Å². The maximum absolute atomic E-state index is 13.9. The van der Waals surface area contributed by atoms with Gasteiger partial charge in [-0.25, -0.2) is 9.78 Å². The van der Waals surface area contributed by atoms with Crippen molar-refractivity contribution in [1.82, 2.24) is 10.3 Å². The van der Waals surface area contributed by atoms with E-state index in [0.717, 1.165) is 44.1 Å². The summed E-state index contributed by atoms with van der Waals surface area (Å²) in [4.78, 5) is 54.3.